The van der Waals surface area contributed by atoms with Gasteiger partial charge in [0.2, 0.25) is 11.0 Å². The highest BCUT2D eigenvalue weighted by atomic mass is 35.5. The van der Waals surface area contributed by atoms with E-state index < -0.39 is 29.4 Å². The summed E-state index contributed by atoms with van der Waals surface area (Å²) in [6.07, 6.45) is -2.94. The Bertz CT molecular complexity index is 1090. The number of carbonyl (C=O) groups is 1. The molecule has 0 aliphatic carbocycles. The molecule has 1 N–H and O–H groups in total. The number of rotatable bonds is 6. The highest BCUT2D eigenvalue weighted by molar-refractivity contribution is 6.28. The average Bonchev–Trinajstić information content (AvgIpc) is 3.13. The van der Waals surface area contributed by atoms with Gasteiger partial charge >= 0.3 is 0 Å². The summed E-state index contributed by atoms with van der Waals surface area (Å²) >= 11 is 6.01. The largest absolute Gasteiger partial charge is 0.378 e. The topological polar surface area (TPSA) is 70.6 Å². The van der Waals surface area contributed by atoms with Crippen molar-refractivity contribution in [1.29, 1.82) is 0 Å². The molecule has 176 valence electrons. The number of nitrogens with zero attached hydrogens (tertiary/aromatic N) is 4. The van der Waals surface area contributed by atoms with Gasteiger partial charge in [0.05, 0.1) is 43.6 Å². The van der Waals surface area contributed by atoms with Crippen molar-refractivity contribution in [1.82, 2.24) is 19.8 Å². The van der Waals surface area contributed by atoms with Crippen molar-refractivity contribution in [3.8, 4) is 0 Å². The molecule has 2 aromatic rings. The molecule has 33 heavy (non-hydrogen) atoms. The lowest BCUT2D eigenvalue weighted by molar-refractivity contribution is -0.173. The molecule has 0 atom stereocenters. The Balaban J connectivity index is 1.29. The average molecular weight is 486 g/mol. The van der Waals surface area contributed by atoms with Gasteiger partial charge in [-0.1, -0.05) is 18.2 Å². The number of carbonyl (C=O) groups excluding carboxylic acids is 1. The van der Waals surface area contributed by atoms with Crippen molar-refractivity contribution in [2.45, 2.75) is 37.8 Å². The number of benzene rings is 1. The van der Waals surface area contributed by atoms with E-state index in [1.807, 2.05) is 4.90 Å². The van der Waals surface area contributed by atoms with Crippen LogP contribution in [0.1, 0.15) is 28.8 Å². The number of halogens is 5. The van der Waals surface area contributed by atoms with Crippen LogP contribution in [0.4, 0.5) is 23.4 Å². The number of anilines is 1. The van der Waals surface area contributed by atoms with E-state index in [1.165, 1.54) is 17.0 Å². The molecule has 2 saturated heterocycles. The number of hydrogen-bond donors (Lipinski definition) is 1. The van der Waals surface area contributed by atoms with E-state index in [4.69, 9.17) is 16.3 Å². The van der Waals surface area contributed by atoms with Gasteiger partial charge < -0.3 is 15.0 Å². The van der Waals surface area contributed by atoms with Crippen LogP contribution >= 0.6 is 11.6 Å². The molecule has 0 spiro atoms. The first kappa shape index (κ1) is 22.3. The summed E-state index contributed by atoms with van der Waals surface area (Å²) in [6.45, 7) is 1.12. The van der Waals surface area contributed by atoms with Gasteiger partial charge in [0.15, 0.2) is 0 Å². The third kappa shape index (κ3) is 4.02. The monoisotopic (exact) mass is 485 g/mol. The first-order valence-corrected chi connectivity index (χ1v) is 10.8. The van der Waals surface area contributed by atoms with Crippen LogP contribution in [0.15, 0.2) is 18.2 Å². The third-order valence-corrected chi connectivity index (χ3v) is 6.43. The van der Waals surface area contributed by atoms with Gasteiger partial charge in [-0.25, -0.2) is 27.5 Å². The summed E-state index contributed by atoms with van der Waals surface area (Å²) < 4.78 is 60.6. The van der Waals surface area contributed by atoms with E-state index in [2.05, 4.69) is 15.3 Å². The van der Waals surface area contributed by atoms with E-state index in [0.717, 1.165) is 6.07 Å². The number of nitrogens with one attached hydrogen (secondary N) is 1. The van der Waals surface area contributed by atoms with Crippen LogP contribution in [-0.4, -0.2) is 63.7 Å². The minimum Gasteiger partial charge on any atom is -0.378 e. The number of likely N-dealkylation sites (tertiary alicyclic amines) is 1. The summed E-state index contributed by atoms with van der Waals surface area (Å²) in [7, 11) is 0. The van der Waals surface area contributed by atoms with Crippen LogP contribution in [0.5, 0.6) is 0 Å². The van der Waals surface area contributed by atoms with Gasteiger partial charge in [-0.15, -0.1) is 0 Å². The molecule has 3 aliphatic heterocycles. The molecule has 12 heteroatoms. The van der Waals surface area contributed by atoms with E-state index in [1.54, 1.807) is 0 Å². The van der Waals surface area contributed by atoms with Crippen molar-refractivity contribution >= 4 is 23.3 Å². The van der Waals surface area contributed by atoms with E-state index in [9.17, 15) is 18.0 Å². The SMILES string of the molecule is O=C(N1Cc2nc(Cl)nc(NCc3cccc(C(F)F)c3F)c2C1)C1(F)CN(C2COC2)C1. The summed E-state index contributed by atoms with van der Waals surface area (Å²) in [5.41, 5.74) is -1.64. The number of fused-ring (bicyclic) bond motifs is 1. The Labute approximate surface area is 191 Å². The lowest BCUT2D eigenvalue weighted by Gasteiger charge is -2.50. The number of alkyl halides is 3. The predicted octanol–water partition coefficient (Wildman–Crippen LogP) is 3.08. The zero-order chi connectivity index (χ0) is 23.3. The second-order valence-corrected chi connectivity index (χ2v) is 8.80. The molecular weight excluding hydrogens is 466 g/mol. The third-order valence-electron chi connectivity index (χ3n) is 6.26. The number of aromatic nitrogens is 2. The minimum absolute atomic E-state index is 0.0179. The van der Waals surface area contributed by atoms with Crippen molar-refractivity contribution in [3.05, 3.63) is 51.7 Å². The Morgan fingerprint density at radius 2 is 2.03 bits per heavy atom. The van der Waals surface area contributed by atoms with Crippen molar-refractivity contribution in [2.75, 3.05) is 31.6 Å². The van der Waals surface area contributed by atoms with Gasteiger partial charge in [-0.05, 0) is 11.6 Å². The summed E-state index contributed by atoms with van der Waals surface area (Å²) in [5.74, 6) is -1.38. The Morgan fingerprint density at radius 3 is 2.70 bits per heavy atom. The molecule has 5 rings (SSSR count). The maximum atomic E-state index is 15.2. The summed E-state index contributed by atoms with van der Waals surface area (Å²) in [4.78, 5) is 24.4. The first-order chi connectivity index (χ1) is 15.7. The zero-order valence-corrected chi connectivity index (χ0v) is 18.1. The van der Waals surface area contributed by atoms with E-state index in [0.29, 0.717) is 24.5 Å². The molecular formula is C21H20ClF4N5O2. The Kier molecular flexibility index (Phi) is 5.66. The second kappa shape index (κ2) is 8.37. The normalized spacial score (nSPS) is 19.9. The molecule has 1 amide bonds. The highest BCUT2D eigenvalue weighted by Gasteiger charge is 2.55. The van der Waals surface area contributed by atoms with E-state index in [-0.39, 0.29) is 55.4 Å². The molecule has 0 radical (unpaired) electrons. The van der Waals surface area contributed by atoms with Gasteiger partial charge in [0, 0.05) is 30.8 Å². The lowest BCUT2D eigenvalue weighted by atomic mass is 9.92. The van der Waals surface area contributed by atoms with Crippen molar-refractivity contribution < 1.29 is 27.1 Å². The smallest absolute Gasteiger partial charge is 0.266 e. The van der Waals surface area contributed by atoms with Gasteiger partial charge in [0.25, 0.3) is 12.3 Å². The van der Waals surface area contributed by atoms with Crippen LogP contribution < -0.4 is 5.32 Å². The van der Waals surface area contributed by atoms with Gasteiger partial charge in [-0.2, -0.15) is 0 Å². The Morgan fingerprint density at radius 1 is 1.27 bits per heavy atom. The van der Waals surface area contributed by atoms with Crippen LogP contribution in [0.25, 0.3) is 0 Å². The van der Waals surface area contributed by atoms with Crippen LogP contribution in [0.2, 0.25) is 5.28 Å². The van der Waals surface area contributed by atoms with Crippen LogP contribution in [-0.2, 0) is 29.2 Å². The molecule has 1 aromatic heterocycles. The second-order valence-electron chi connectivity index (χ2n) is 8.46. The number of hydrogen-bond acceptors (Lipinski definition) is 6. The van der Waals surface area contributed by atoms with E-state index >= 15 is 4.39 Å². The fourth-order valence-electron chi connectivity index (χ4n) is 4.31. The molecule has 7 nitrogen and oxygen atoms in total. The number of amides is 1. The molecule has 4 heterocycles. The summed E-state index contributed by atoms with van der Waals surface area (Å²) in [6, 6.07) is 3.91. The molecule has 1 aromatic carbocycles. The quantitative estimate of drug-likeness (QED) is 0.501. The molecule has 2 fully saturated rings. The first-order valence-electron chi connectivity index (χ1n) is 10.4. The standard InChI is InChI=1S/C21H20ClF4N5O2/c22-20-28-15-6-30(19(32)21(26)9-31(10-21)12-7-33-8-12)5-14(15)18(29-20)27-4-11-2-1-3-13(16(11)23)17(24)25/h1-3,12,17H,4-10H2,(H,27,28,29). The maximum Gasteiger partial charge on any atom is 0.266 e. The zero-order valence-electron chi connectivity index (χ0n) is 17.3. The summed E-state index contributed by atoms with van der Waals surface area (Å²) in [5, 5.41) is 2.80. The van der Waals surface area contributed by atoms with Crippen LogP contribution in [0, 0.1) is 5.82 Å². The highest BCUT2D eigenvalue weighted by Crippen LogP contribution is 2.36. The molecule has 0 unspecified atom stereocenters. The van der Waals surface area contributed by atoms with Gasteiger partial charge in [-0.3, -0.25) is 9.69 Å². The fourth-order valence-corrected chi connectivity index (χ4v) is 4.49. The maximum absolute atomic E-state index is 15.2. The lowest BCUT2D eigenvalue weighted by Crippen LogP contribution is -2.70. The van der Waals surface area contributed by atoms with Crippen molar-refractivity contribution in [3.63, 3.8) is 0 Å². The number of ether oxygens (including phenoxy) is 1. The minimum atomic E-state index is -2.94. The van der Waals surface area contributed by atoms with Gasteiger partial charge in [0.1, 0.15) is 11.6 Å². The molecule has 0 bridgehead atoms. The molecule has 0 saturated carbocycles. The molecule has 3 aliphatic rings. The van der Waals surface area contributed by atoms with Crippen LogP contribution in [0.3, 0.4) is 0 Å². The fraction of sp³-hybridized carbons (Fsp3) is 0.476. The Hall–Kier alpha value is -2.50. The van der Waals surface area contributed by atoms with Crippen molar-refractivity contribution in [2.24, 2.45) is 0 Å². The predicted molar refractivity (Wildman–Crippen MR) is 110 cm³/mol.